The molecule has 4 heterocycles. The molecule has 0 fully saturated rings. The Morgan fingerprint density at radius 2 is 1.14 bits per heavy atom. The molecule has 2 aliphatic rings. The standard InChI is InChI=1S/C49H64F2O3S3/c1-27(2)15-13-17-29(5)19-21-49(22-20-30(6)18-14-16-28(3)4)33-25-37(55-43(33)44-36(54-49)26-38(56-44)47(7,8)9)45-39-40(46(57-45)48(10,11)12)42(53)32-24-35(51)34(50)23-31(32)41(39)52/h23-30H,13-22H2,1-12H3. The lowest BCUT2D eigenvalue weighted by Gasteiger charge is -2.39. The highest BCUT2D eigenvalue weighted by atomic mass is 32.1. The summed E-state index contributed by atoms with van der Waals surface area (Å²) in [7, 11) is 0. The molecule has 2 atom stereocenters. The van der Waals surface area contributed by atoms with Crippen LogP contribution in [0.4, 0.5) is 8.78 Å². The monoisotopic (exact) mass is 834 g/mol. The number of rotatable bonds is 15. The fourth-order valence-electron chi connectivity index (χ4n) is 8.50. The van der Waals surface area contributed by atoms with E-state index in [4.69, 9.17) is 4.74 Å². The molecule has 3 aromatic heterocycles. The van der Waals surface area contributed by atoms with Crippen molar-refractivity contribution in [1.82, 2.24) is 0 Å². The maximum absolute atomic E-state index is 14.7. The second kappa shape index (κ2) is 16.8. The number of hydrogen-bond acceptors (Lipinski definition) is 6. The zero-order valence-electron chi connectivity index (χ0n) is 36.4. The van der Waals surface area contributed by atoms with Gasteiger partial charge in [-0.3, -0.25) is 9.59 Å². The van der Waals surface area contributed by atoms with E-state index in [0.717, 1.165) is 63.1 Å². The molecule has 3 nitrogen and oxygen atoms in total. The molecule has 1 aromatic carbocycles. The van der Waals surface area contributed by atoms with Crippen molar-refractivity contribution < 1.29 is 23.1 Å². The molecule has 6 rings (SSSR count). The van der Waals surface area contributed by atoms with Gasteiger partial charge in [-0.25, -0.2) is 8.78 Å². The number of thiophene rings is 3. The highest BCUT2D eigenvalue weighted by Gasteiger charge is 2.46. The smallest absolute Gasteiger partial charge is 0.196 e. The second-order valence-corrected chi connectivity index (χ2v) is 23.3. The van der Waals surface area contributed by atoms with Crippen LogP contribution < -0.4 is 4.74 Å². The van der Waals surface area contributed by atoms with Gasteiger partial charge in [0.15, 0.2) is 23.2 Å². The first kappa shape index (κ1) is 43.9. The van der Waals surface area contributed by atoms with Crippen molar-refractivity contribution in [3.8, 4) is 25.3 Å². The van der Waals surface area contributed by atoms with Crippen molar-refractivity contribution in [3.05, 3.63) is 73.5 Å². The number of fused-ring (bicyclic) bond motifs is 5. The molecule has 0 radical (unpaired) electrons. The van der Waals surface area contributed by atoms with Gasteiger partial charge >= 0.3 is 0 Å². The van der Waals surface area contributed by atoms with Crippen LogP contribution in [0.25, 0.3) is 19.5 Å². The van der Waals surface area contributed by atoms with E-state index >= 15 is 0 Å². The molecule has 4 aromatic rings. The Morgan fingerprint density at radius 3 is 1.63 bits per heavy atom. The van der Waals surface area contributed by atoms with Gasteiger partial charge in [0.05, 0.1) is 20.2 Å². The van der Waals surface area contributed by atoms with E-state index < -0.39 is 34.2 Å². The third-order valence-electron chi connectivity index (χ3n) is 12.0. The molecule has 2 unspecified atom stereocenters. The Kier molecular flexibility index (Phi) is 12.9. The lowest BCUT2D eigenvalue weighted by atomic mass is 9.78. The predicted octanol–water partition coefficient (Wildman–Crippen LogP) is 15.9. The molecule has 1 aliphatic heterocycles. The van der Waals surface area contributed by atoms with Crippen molar-refractivity contribution in [3.63, 3.8) is 0 Å². The quantitative estimate of drug-likeness (QED) is 0.106. The largest absolute Gasteiger partial charge is 0.481 e. The summed E-state index contributed by atoms with van der Waals surface area (Å²) in [5.74, 6) is 0.347. The SMILES string of the molecule is CC(C)CCCC(C)CCC1(CCC(C)CCCC(C)C)Oc2cc(C(C)(C)C)sc2-c2sc(-c3sc(C(C)(C)C)c4c3C(=O)c3cc(F)c(F)cc3C4=O)cc21. The van der Waals surface area contributed by atoms with Crippen LogP contribution in [-0.4, -0.2) is 11.6 Å². The highest BCUT2D eigenvalue weighted by molar-refractivity contribution is 7.27. The first-order valence-corrected chi connectivity index (χ1v) is 23.8. The number of carbonyl (C=O) groups is 2. The minimum atomic E-state index is -1.13. The molecule has 0 amide bonds. The molecule has 0 saturated heterocycles. The van der Waals surface area contributed by atoms with Crippen LogP contribution in [0.3, 0.4) is 0 Å². The Morgan fingerprint density at radius 1 is 0.614 bits per heavy atom. The summed E-state index contributed by atoms with van der Waals surface area (Å²) < 4.78 is 36.7. The highest BCUT2D eigenvalue weighted by Crippen LogP contribution is 2.59. The molecular formula is C49H64F2O3S3. The zero-order valence-corrected chi connectivity index (χ0v) is 38.8. The maximum Gasteiger partial charge on any atom is 0.196 e. The molecule has 0 spiro atoms. The number of benzene rings is 1. The van der Waals surface area contributed by atoms with Crippen LogP contribution >= 0.6 is 34.0 Å². The van der Waals surface area contributed by atoms with E-state index in [0.29, 0.717) is 34.8 Å². The fraction of sp³-hybridized carbons (Fsp3) is 0.592. The van der Waals surface area contributed by atoms with E-state index in [2.05, 4.69) is 74.4 Å². The molecule has 8 heteroatoms. The van der Waals surface area contributed by atoms with Gasteiger partial charge < -0.3 is 4.74 Å². The third-order valence-corrected chi connectivity index (χ3v) is 16.7. The summed E-state index contributed by atoms with van der Waals surface area (Å²) in [6.07, 6.45) is 11.2. The van der Waals surface area contributed by atoms with Crippen LogP contribution in [0, 0.1) is 35.3 Å². The van der Waals surface area contributed by atoms with E-state index in [1.54, 1.807) is 22.7 Å². The molecule has 0 N–H and O–H groups in total. The van der Waals surface area contributed by atoms with Gasteiger partial charge in [0.25, 0.3) is 0 Å². The number of hydrogen-bond donors (Lipinski definition) is 0. The summed E-state index contributed by atoms with van der Waals surface area (Å²) in [4.78, 5) is 34.8. The maximum atomic E-state index is 14.7. The van der Waals surface area contributed by atoms with Crippen LogP contribution in [0.15, 0.2) is 24.3 Å². The first-order valence-electron chi connectivity index (χ1n) is 21.3. The summed E-state index contributed by atoms with van der Waals surface area (Å²) in [6, 6.07) is 6.34. The Balaban J connectivity index is 1.51. The average molecular weight is 835 g/mol. The second-order valence-electron chi connectivity index (χ2n) is 20.2. The summed E-state index contributed by atoms with van der Waals surface area (Å²) >= 11 is 4.96. The van der Waals surface area contributed by atoms with Crippen LogP contribution in [-0.2, 0) is 16.4 Å². The molecule has 0 saturated carbocycles. The third kappa shape index (κ3) is 9.09. The van der Waals surface area contributed by atoms with E-state index in [9.17, 15) is 18.4 Å². The Bertz CT molecular complexity index is 2090. The predicted molar refractivity (Wildman–Crippen MR) is 238 cm³/mol. The molecule has 0 bridgehead atoms. The number of carbonyl (C=O) groups excluding carboxylic acids is 2. The van der Waals surface area contributed by atoms with Crippen molar-refractivity contribution in [2.24, 2.45) is 23.7 Å². The van der Waals surface area contributed by atoms with E-state index in [-0.39, 0.29) is 16.5 Å². The van der Waals surface area contributed by atoms with Crippen molar-refractivity contribution in [1.29, 1.82) is 0 Å². The Labute approximate surface area is 353 Å². The normalized spacial score (nSPS) is 17.8. The van der Waals surface area contributed by atoms with Gasteiger partial charge in [0, 0.05) is 36.9 Å². The Hall–Kier alpha value is -2.68. The summed E-state index contributed by atoms with van der Waals surface area (Å²) in [5, 5.41) is 0. The molecule has 1 aliphatic carbocycles. The number of halogens is 2. The number of ether oxygens (including phenoxy) is 1. The van der Waals surface area contributed by atoms with E-state index in [1.807, 2.05) is 20.8 Å². The lowest BCUT2D eigenvalue weighted by molar-refractivity contribution is 0.0323. The van der Waals surface area contributed by atoms with Crippen molar-refractivity contribution >= 4 is 45.6 Å². The minimum Gasteiger partial charge on any atom is -0.481 e. The van der Waals surface area contributed by atoms with Crippen LogP contribution in [0.5, 0.6) is 5.75 Å². The zero-order chi connectivity index (χ0) is 41.8. The van der Waals surface area contributed by atoms with Gasteiger partial charge in [-0.15, -0.1) is 34.0 Å². The fourth-order valence-corrected chi connectivity index (χ4v) is 12.5. The average Bonchev–Trinajstić information content (AvgIpc) is 3.85. The van der Waals surface area contributed by atoms with Gasteiger partial charge in [-0.2, -0.15) is 0 Å². The van der Waals surface area contributed by atoms with Crippen LogP contribution in [0.2, 0.25) is 0 Å². The molecular weight excluding hydrogens is 771 g/mol. The summed E-state index contributed by atoms with van der Waals surface area (Å²) in [6.45, 7) is 26.8. The van der Waals surface area contributed by atoms with Gasteiger partial charge in [-0.1, -0.05) is 122 Å². The van der Waals surface area contributed by atoms with Crippen molar-refractivity contribution in [2.75, 3.05) is 0 Å². The summed E-state index contributed by atoms with van der Waals surface area (Å²) in [5.41, 5.74) is 0.610. The topological polar surface area (TPSA) is 43.4 Å². The van der Waals surface area contributed by atoms with E-state index in [1.165, 1.54) is 65.2 Å². The van der Waals surface area contributed by atoms with Gasteiger partial charge in [-0.05, 0) is 84.5 Å². The van der Waals surface area contributed by atoms with Crippen LogP contribution in [0.1, 0.15) is 194 Å². The lowest BCUT2D eigenvalue weighted by Crippen LogP contribution is -2.36. The van der Waals surface area contributed by atoms with Gasteiger partial charge in [0.2, 0.25) is 0 Å². The molecule has 57 heavy (non-hydrogen) atoms. The number of ketones is 2. The van der Waals surface area contributed by atoms with Gasteiger partial charge in [0.1, 0.15) is 11.4 Å². The van der Waals surface area contributed by atoms with Crippen molar-refractivity contribution in [2.45, 2.75) is 164 Å². The minimum absolute atomic E-state index is 0.0620. The first-order chi connectivity index (χ1) is 26.6. The molecule has 310 valence electrons.